The number of esters is 2. The molecule has 2 aliphatic rings. The molecule has 18 heteroatoms. The van der Waals surface area contributed by atoms with Crippen molar-refractivity contribution in [3.63, 3.8) is 0 Å². The number of ether oxygens (including phenoxy) is 4. The monoisotopic (exact) mass is 619 g/mol. The fourth-order valence-corrected chi connectivity index (χ4v) is 6.82. The lowest BCUT2D eigenvalue weighted by Crippen LogP contribution is -2.53. The minimum absolute atomic E-state index is 0.0153. The van der Waals surface area contributed by atoms with Crippen LogP contribution in [0.25, 0.3) is 0 Å². The number of carbonyl (C=O) groups excluding carboxylic acids is 5. The zero-order valence-corrected chi connectivity index (χ0v) is 25.4. The Labute approximate surface area is 242 Å². The molecule has 0 bridgehead atoms. The Hall–Kier alpha value is -3.11. The van der Waals surface area contributed by atoms with Gasteiger partial charge in [-0.1, -0.05) is 12.1 Å². The van der Waals surface area contributed by atoms with Crippen molar-refractivity contribution in [1.82, 2.24) is 15.2 Å². The highest BCUT2D eigenvalue weighted by Crippen LogP contribution is 2.45. The number of nitrogens with one attached hydrogen (secondary N) is 2. The molecule has 0 aromatic heterocycles. The zero-order chi connectivity index (χ0) is 31.9. The Bertz CT molecular complexity index is 1130. The molecule has 0 spiro atoms. The molecule has 2 heterocycles. The predicted molar refractivity (Wildman–Crippen MR) is 142 cm³/mol. The highest BCUT2D eigenvalue weighted by molar-refractivity contribution is 7.61. The number of nitrogens with zero attached hydrogens (tertiary/aromatic N) is 3. The van der Waals surface area contributed by atoms with E-state index in [9.17, 15) is 38.4 Å². The van der Waals surface area contributed by atoms with E-state index in [2.05, 4.69) is 20.5 Å². The molecule has 1 amide bonds. The number of hydrogen-bond acceptors (Lipinski definition) is 13. The number of rotatable bonds is 15. The van der Waals surface area contributed by atoms with Gasteiger partial charge < -0.3 is 24.1 Å². The third kappa shape index (κ3) is 8.70. The lowest BCUT2D eigenvalue weighted by Gasteiger charge is -2.30. The Morgan fingerprint density at radius 1 is 1.02 bits per heavy atom. The number of carboxylic acids is 1. The van der Waals surface area contributed by atoms with E-state index in [1.807, 2.05) is 0 Å². The molecule has 42 heavy (non-hydrogen) atoms. The van der Waals surface area contributed by atoms with Gasteiger partial charge in [-0.2, -0.15) is 10.1 Å². The highest BCUT2D eigenvalue weighted by Gasteiger charge is 2.56. The zero-order valence-electron chi connectivity index (χ0n) is 24.5. The van der Waals surface area contributed by atoms with Gasteiger partial charge in [0.2, 0.25) is 5.85 Å². The van der Waals surface area contributed by atoms with Crippen molar-refractivity contribution in [2.24, 2.45) is 10.3 Å². The summed E-state index contributed by atoms with van der Waals surface area (Å²) in [6.45, 7) is 9.72. The number of amides is 1. The molecule has 0 aromatic carbocycles. The second-order valence-electron chi connectivity index (χ2n) is 10.3. The first-order valence-corrected chi connectivity index (χ1v) is 15.1. The van der Waals surface area contributed by atoms with Crippen LogP contribution >= 0.6 is 7.44 Å². The molecule has 1 saturated heterocycles. The summed E-state index contributed by atoms with van der Waals surface area (Å²) in [5.41, 5.74) is 0. The molecule has 6 unspecified atom stereocenters. The molecule has 0 aromatic rings. The van der Waals surface area contributed by atoms with E-state index in [0.29, 0.717) is 11.4 Å². The summed E-state index contributed by atoms with van der Waals surface area (Å²) in [5.74, 6) is -8.36. The number of carboxylic acid groups (broad SMARTS) is 1. The summed E-state index contributed by atoms with van der Waals surface area (Å²) in [5, 5.41) is 23.1. The van der Waals surface area contributed by atoms with Gasteiger partial charge in [0.15, 0.2) is 30.3 Å². The van der Waals surface area contributed by atoms with Crippen molar-refractivity contribution in [2.75, 3.05) is 6.61 Å². The number of carbonyl (C=O) groups is 6. The number of aliphatic carboxylic acids is 1. The molecule has 0 aliphatic carbocycles. The van der Waals surface area contributed by atoms with E-state index in [1.165, 1.54) is 0 Å². The normalized spacial score (nSPS) is 25.2. The fourth-order valence-electron chi connectivity index (χ4n) is 4.34. The van der Waals surface area contributed by atoms with Crippen molar-refractivity contribution in [3.8, 4) is 0 Å². The summed E-state index contributed by atoms with van der Waals surface area (Å²) >= 11 is 0. The van der Waals surface area contributed by atoms with Gasteiger partial charge in [0.05, 0.1) is 6.61 Å². The van der Waals surface area contributed by atoms with E-state index < -0.39 is 97.9 Å². The van der Waals surface area contributed by atoms with Crippen LogP contribution in [0.3, 0.4) is 0 Å². The van der Waals surface area contributed by atoms with Gasteiger partial charge >= 0.3 is 23.8 Å². The Kier molecular flexibility index (Phi) is 12.4. The van der Waals surface area contributed by atoms with Crippen LogP contribution in [0.15, 0.2) is 10.3 Å². The van der Waals surface area contributed by atoms with Crippen LogP contribution in [-0.2, 0) is 52.3 Å². The van der Waals surface area contributed by atoms with Gasteiger partial charge in [-0.05, 0) is 34.1 Å². The Morgan fingerprint density at radius 3 is 2.05 bits per heavy atom. The van der Waals surface area contributed by atoms with Crippen molar-refractivity contribution in [3.05, 3.63) is 0 Å². The maximum atomic E-state index is 13.7. The average Bonchev–Trinajstić information content (AvgIpc) is 3.15. The third-order valence-corrected chi connectivity index (χ3v) is 8.55. The first kappa shape index (κ1) is 35.1. The molecule has 2 rings (SSSR count). The molecule has 2 aliphatic heterocycles. The van der Waals surface area contributed by atoms with E-state index in [1.54, 1.807) is 34.6 Å². The summed E-state index contributed by atoms with van der Waals surface area (Å²) in [4.78, 5) is 74.0. The number of hydrogen-bond donors (Lipinski definition) is 3. The van der Waals surface area contributed by atoms with Crippen LogP contribution in [-0.4, -0.2) is 101 Å². The summed E-state index contributed by atoms with van der Waals surface area (Å²) in [6.07, 6.45) is -5.76. The van der Waals surface area contributed by atoms with E-state index in [-0.39, 0.29) is 6.42 Å². The lowest BCUT2D eigenvalue weighted by atomic mass is 10.0. The van der Waals surface area contributed by atoms with Crippen LogP contribution in [0, 0.1) is 0 Å². The largest absolute Gasteiger partial charge is 0.479 e. The first-order valence-electron chi connectivity index (χ1n) is 13.3. The van der Waals surface area contributed by atoms with Gasteiger partial charge in [0.1, 0.15) is 6.10 Å². The van der Waals surface area contributed by atoms with Crippen LogP contribution < -0.4 is 10.2 Å². The van der Waals surface area contributed by atoms with Crippen molar-refractivity contribution < 1.29 is 57.4 Å². The van der Waals surface area contributed by atoms with Gasteiger partial charge in [-0.15, -0.1) is 0 Å². The molecule has 3 N–H and O–H groups in total. The van der Waals surface area contributed by atoms with E-state index in [4.69, 9.17) is 18.9 Å². The second kappa shape index (κ2) is 14.9. The molecule has 1 fully saturated rings. The summed E-state index contributed by atoms with van der Waals surface area (Å²) in [7, 11) is -3.97. The molecule has 236 valence electrons. The van der Waals surface area contributed by atoms with Gasteiger partial charge in [-0.25, -0.2) is 15.0 Å². The SMILES string of the molecule is CCCC(=O)C1N=NN(C2OC(COC(C(=O)O)P(=O)(NC(C)C)NC(C)C)C(OC(C)=O)C2OC(C)=O)C(=O)C1=O. The predicted octanol–water partition coefficient (Wildman–Crippen LogP) is 0.707. The van der Waals surface area contributed by atoms with Crippen LogP contribution in [0.5, 0.6) is 0 Å². The number of ketones is 2. The Balaban J connectivity index is 2.45. The number of Topliss-reactive ketones (excluding diaryl/α,β-unsaturated/α-hetero) is 2. The maximum absolute atomic E-state index is 13.7. The molecule has 6 atom stereocenters. The maximum Gasteiger partial charge on any atom is 0.343 e. The van der Waals surface area contributed by atoms with E-state index in [0.717, 1.165) is 13.8 Å². The fraction of sp³-hybridized carbons (Fsp3) is 0.750. The van der Waals surface area contributed by atoms with Gasteiger partial charge in [0.25, 0.3) is 13.2 Å². The van der Waals surface area contributed by atoms with E-state index >= 15 is 0 Å². The minimum atomic E-state index is -3.97. The van der Waals surface area contributed by atoms with Gasteiger partial charge in [-0.3, -0.25) is 28.5 Å². The quantitative estimate of drug-likeness (QED) is 0.0992. The molecule has 0 radical (unpaired) electrons. The lowest BCUT2D eigenvalue weighted by molar-refractivity contribution is -0.175. The molecule has 0 saturated carbocycles. The van der Waals surface area contributed by atoms with Crippen molar-refractivity contribution in [2.45, 2.75) is 110 Å². The highest BCUT2D eigenvalue weighted by atomic mass is 31.2. The minimum Gasteiger partial charge on any atom is -0.479 e. The molecular weight excluding hydrogens is 581 g/mol. The average molecular weight is 620 g/mol. The summed E-state index contributed by atoms with van der Waals surface area (Å²) < 4.78 is 35.7. The second-order valence-corrected chi connectivity index (χ2v) is 12.6. The van der Waals surface area contributed by atoms with Crippen LogP contribution in [0.4, 0.5) is 0 Å². The summed E-state index contributed by atoms with van der Waals surface area (Å²) in [6, 6.07) is -2.47. The first-order chi connectivity index (χ1) is 19.5. The third-order valence-electron chi connectivity index (χ3n) is 5.72. The topological polar surface area (TPSA) is 229 Å². The molecule has 17 nitrogen and oxygen atoms in total. The molecular formula is C24H38N5O12P. The van der Waals surface area contributed by atoms with Crippen molar-refractivity contribution in [1.29, 1.82) is 0 Å². The Morgan fingerprint density at radius 2 is 1.57 bits per heavy atom. The smallest absolute Gasteiger partial charge is 0.343 e. The van der Waals surface area contributed by atoms with Crippen LogP contribution in [0.2, 0.25) is 0 Å². The standard InChI is InChI=1S/C24H38N5O12P/c1-8-9-15(32)17-18(33)21(34)29(28-25-17)22-20(40-14(7)31)19(39-13(6)30)16(41-22)10-38-24(23(35)36)42(37,26-11(2)3)27-12(4)5/h11-12,16-17,19-20,22,24H,8-10H2,1-7H3,(H,35,36)(H2,26,27,37). The van der Waals surface area contributed by atoms with Gasteiger partial charge in [0, 0.05) is 32.4 Å². The van der Waals surface area contributed by atoms with Crippen LogP contribution in [0.1, 0.15) is 61.3 Å². The van der Waals surface area contributed by atoms with Crippen molar-refractivity contribution >= 4 is 42.8 Å².